The minimum absolute atomic E-state index is 0.00125. The Balaban J connectivity index is 2.58. The number of rotatable bonds is 3. The van der Waals surface area contributed by atoms with Crippen LogP contribution in [0.3, 0.4) is 0 Å². The SMILES string of the molecule is Cc1cc(Br)cc(C(=O)NCCC(C)(C)C)c1. The molecule has 17 heavy (non-hydrogen) atoms. The Labute approximate surface area is 112 Å². The van der Waals surface area contributed by atoms with Gasteiger partial charge in [0.2, 0.25) is 0 Å². The van der Waals surface area contributed by atoms with Gasteiger partial charge in [-0.1, -0.05) is 36.7 Å². The summed E-state index contributed by atoms with van der Waals surface area (Å²) in [7, 11) is 0. The summed E-state index contributed by atoms with van der Waals surface area (Å²) in [6.45, 7) is 9.21. The van der Waals surface area contributed by atoms with Crippen LogP contribution in [-0.2, 0) is 0 Å². The molecule has 2 nitrogen and oxygen atoms in total. The summed E-state index contributed by atoms with van der Waals surface area (Å²) < 4.78 is 0.943. The molecule has 0 saturated heterocycles. The number of hydrogen-bond donors (Lipinski definition) is 1. The molecule has 0 atom stereocenters. The fourth-order valence-electron chi connectivity index (χ4n) is 1.52. The molecule has 3 heteroatoms. The molecule has 1 amide bonds. The van der Waals surface area contributed by atoms with E-state index in [1.54, 1.807) is 0 Å². The molecule has 0 unspecified atom stereocenters. The van der Waals surface area contributed by atoms with E-state index < -0.39 is 0 Å². The summed E-state index contributed by atoms with van der Waals surface area (Å²) >= 11 is 3.40. The van der Waals surface area contributed by atoms with E-state index in [1.165, 1.54) is 0 Å². The largest absolute Gasteiger partial charge is 0.352 e. The molecule has 1 aromatic carbocycles. The van der Waals surface area contributed by atoms with Gasteiger partial charge in [0.05, 0.1) is 0 Å². The van der Waals surface area contributed by atoms with Crippen LogP contribution in [0.25, 0.3) is 0 Å². The third-order valence-electron chi connectivity index (χ3n) is 2.46. The lowest BCUT2D eigenvalue weighted by Crippen LogP contribution is -2.27. The molecule has 0 fully saturated rings. The molecule has 0 spiro atoms. The van der Waals surface area contributed by atoms with Gasteiger partial charge in [-0.3, -0.25) is 4.79 Å². The van der Waals surface area contributed by atoms with Crippen LogP contribution in [0.4, 0.5) is 0 Å². The van der Waals surface area contributed by atoms with Gasteiger partial charge in [-0.05, 0) is 42.5 Å². The predicted molar refractivity (Wildman–Crippen MR) is 75.3 cm³/mol. The first kappa shape index (κ1) is 14.2. The maximum Gasteiger partial charge on any atom is 0.251 e. The smallest absolute Gasteiger partial charge is 0.251 e. The Morgan fingerprint density at radius 2 is 1.94 bits per heavy atom. The molecule has 0 aliphatic rings. The minimum atomic E-state index is -0.00125. The van der Waals surface area contributed by atoms with Crippen LogP contribution in [-0.4, -0.2) is 12.5 Å². The second-order valence-corrected chi connectivity index (χ2v) is 6.50. The van der Waals surface area contributed by atoms with Gasteiger partial charge in [-0.2, -0.15) is 0 Å². The molecule has 0 aliphatic carbocycles. The van der Waals surface area contributed by atoms with E-state index in [0.29, 0.717) is 12.1 Å². The first-order chi connectivity index (χ1) is 7.78. The van der Waals surface area contributed by atoms with Crippen molar-refractivity contribution in [1.29, 1.82) is 0 Å². The highest BCUT2D eigenvalue weighted by Gasteiger charge is 2.11. The Hall–Kier alpha value is -0.830. The molecule has 0 aliphatic heterocycles. The van der Waals surface area contributed by atoms with Crippen LogP contribution in [0, 0.1) is 12.3 Å². The van der Waals surface area contributed by atoms with Crippen molar-refractivity contribution >= 4 is 21.8 Å². The summed E-state index contributed by atoms with van der Waals surface area (Å²) in [4.78, 5) is 11.9. The van der Waals surface area contributed by atoms with Crippen molar-refractivity contribution in [2.75, 3.05) is 6.54 Å². The van der Waals surface area contributed by atoms with E-state index in [0.717, 1.165) is 16.5 Å². The maximum atomic E-state index is 11.9. The van der Waals surface area contributed by atoms with E-state index in [1.807, 2.05) is 25.1 Å². The zero-order chi connectivity index (χ0) is 13.1. The van der Waals surface area contributed by atoms with Gasteiger partial charge in [-0.25, -0.2) is 0 Å². The van der Waals surface area contributed by atoms with Gasteiger partial charge in [-0.15, -0.1) is 0 Å². The molecule has 0 radical (unpaired) electrons. The molecule has 0 bridgehead atoms. The summed E-state index contributed by atoms with van der Waals surface area (Å²) in [5.41, 5.74) is 2.05. The average Bonchev–Trinajstić information content (AvgIpc) is 2.13. The molecule has 1 N–H and O–H groups in total. The van der Waals surface area contributed by atoms with Gasteiger partial charge < -0.3 is 5.32 Å². The third kappa shape index (κ3) is 5.35. The molecule has 1 rings (SSSR count). The Morgan fingerprint density at radius 3 is 2.47 bits per heavy atom. The van der Waals surface area contributed by atoms with Gasteiger partial charge >= 0.3 is 0 Å². The lowest BCUT2D eigenvalue weighted by Gasteiger charge is -2.18. The molecule has 94 valence electrons. The number of amides is 1. The molecular formula is C14H20BrNO. The van der Waals surface area contributed by atoms with Crippen LogP contribution in [0.15, 0.2) is 22.7 Å². The summed E-state index contributed by atoms with van der Waals surface area (Å²) in [6, 6.07) is 5.74. The zero-order valence-electron chi connectivity index (χ0n) is 10.9. The number of carbonyl (C=O) groups excluding carboxylic acids is 1. The Morgan fingerprint density at radius 1 is 1.29 bits per heavy atom. The Bertz CT molecular complexity index is 387. The van der Waals surface area contributed by atoms with Crippen molar-refractivity contribution in [3.05, 3.63) is 33.8 Å². The third-order valence-corrected chi connectivity index (χ3v) is 2.92. The first-order valence-electron chi connectivity index (χ1n) is 5.83. The highest BCUT2D eigenvalue weighted by molar-refractivity contribution is 9.10. The zero-order valence-corrected chi connectivity index (χ0v) is 12.5. The van der Waals surface area contributed by atoms with Crippen LogP contribution in [0.2, 0.25) is 0 Å². The molecule has 0 aromatic heterocycles. The molecule has 0 heterocycles. The highest BCUT2D eigenvalue weighted by atomic mass is 79.9. The van der Waals surface area contributed by atoms with Crippen molar-refractivity contribution < 1.29 is 4.79 Å². The quantitative estimate of drug-likeness (QED) is 0.900. The van der Waals surface area contributed by atoms with Crippen molar-refractivity contribution in [3.8, 4) is 0 Å². The number of aryl methyl sites for hydroxylation is 1. The monoisotopic (exact) mass is 297 g/mol. The Kier molecular flexibility index (Phi) is 4.75. The summed E-state index contributed by atoms with van der Waals surface area (Å²) in [6.07, 6.45) is 0.978. The predicted octanol–water partition coefficient (Wildman–Crippen LogP) is 3.92. The number of halogens is 1. The van der Waals surface area contributed by atoms with Gasteiger partial charge in [0, 0.05) is 16.6 Å². The van der Waals surface area contributed by atoms with Crippen LogP contribution >= 0.6 is 15.9 Å². The van der Waals surface area contributed by atoms with Gasteiger partial charge in [0.15, 0.2) is 0 Å². The number of hydrogen-bond acceptors (Lipinski definition) is 1. The van der Waals surface area contributed by atoms with E-state index >= 15 is 0 Å². The van der Waals surface area contributed by atoms with E-state index in [2.05, 4.69) is 42.0 Å². The number of benzene rings is 1. The molecule has 0 saturated carbocycles. The average molecular weight is 298 g/mol. The maximum absolute atomic E-state index is 11.9. The van der Waals surface area contributed by atoms with Crippen molar-refractivity contribution in [1.82, 2.24) is 5.32 Å². The van der Waals surface area contributed by atoms with Crippen molar-refractivity contribution in [3.63, 3.8) is 0 Å². The van der Waals surface area contributed by atoms with Gasteiger partial charge in [0.25, 0.3) is 5.91 Å². The fourth-order valence-corrected chi connectivity index (χ4v) is 2.13. The van der Waals surface area contributed by atoms with E-state index in [9.17, 15) is 4.79 Å². The van der Waals surface area contributed by atoms with Gasteiger partial charge in [0.1, 0.15) is 0 Å². The normalized spacial score (nSPS) is 11.4. The number of carbonyl (C=O) groups is 1. The van der Waals surface area contributed by atoms with Crippen molar-refractivity contribution in [2.24, 2.45) is 5.41 Å². The van der Waals surface area contributed by atoms with Crippen LogP contribution < -0.4 is 5.32 Å². The fraction of sp³-hybridized carbons (Fsp3) is 0.500. The lowest BCUT2D eigenvalue weighted by atomic mass is 9.92. The van der Waals surface area contributed by atoms with E-state index in [4.69, 9.17) is 0 Å². The van der Waals surface area contributed by atoms with E-state index in [-0.39, 0.29) is 11.3 Å². The number of nitrogens with one attached hydrogen (secondary N) is 1. The second kappa shape index (κ2) is 5.67. The molecular weight excluding hydrogens is 278 g/mol. The minimum Gasteiger partial charge on any atom is -0.352 e. The lowest BCUT2D eigenvalue weighted by molar-refractivity contribution is 0.0949. The topological polar surface area (TPSA) is 29.1 Å². The molecule has 1 aromatic rings. The standard InChI is InChI=1S/C14H20BrNO/c1-10-7-11(9-12(15)8-10)13(17)16-6-5-14(2,3)4/h7-9H,5-6H2,1-4H3,(H,16,17). The van der Waals surface area contributed by atoms with Crippen LogP contribution in [0.5, 0.6) is 0 Å². The first-order valence-corrected chi connectivity index (χ1v) is 6.63. The van der Waals surface area contributed by atoms with Crippen LogP contribution in [0.1, 0.15) is 43.1 Å². The van der Waals surface area contributed by atoms with Crippen molar-refractivity contribution in [2.45, 2.75) is 34.1 Å². The highest BCUT2D eigenvalue weighted by Crippen LogP contribution is 2.18. The second-order valence-electron chi connectivity index (χ2n) is 5.58. The summed E-state index contributed by atoms with van der Waals surface area (Å²) in [5.74, 6) is -0.00125. The summed E-state index contributed by atoms with van der Waals surface area (Å²) in [5, 5.41) is 2.95.